The molecule has 2 aliphatic rings. The summed E-state index contributed by atoms with van der Waals surface area (Å²) in [6.45, 7) is 0. The standard InChI is InChI=1S/C21H15ClO2/c22-15-10-12-19-17(13-15)16(11-9-14-5-2-1-3-6-14)21-18(23)7-4-8-20(21)24-19/h1-3,5-6,10,12-13,16H,4,7-8H2. The summed E-state index contributed by atoms with van der Waals surface area (Å²) in [4.78, 5) is 12.5. The number of carbonyl (C=O) groups excluding carboxylic acids is 1. The molecular formula is C21H15ClO2. The lowest BCUT2D eigenvalue weighted by Gasteiger charge is -2.30. The molecule has 2 aromatic rings. The van der Waals surface area contributed by atoms with E-state index in [4.69, 9.17) is 16.3 Å². The van der Waals surface area contributed by atoms with Crippen molar-refractivity contribution in [3.63, 3.8) is 0 Å². The van der Waals surface area contributed by atoms with Gasteiger partial charge in [0.25, 0.3) is 0 Å². The molecule has 0 N–H and O–H groups in total. The van der Waals surface area contributed by atoms with Crippen LogP contribution < -0.4 is 4.74 Å². The molecule has 2 nitrogen and oxygen atoms in total. The quantitative estimate of drug-likeness (QED) is 0.642. The Kier molecular flexibility index (Phi) is 3.88. The van der Waals surface area contributed by atoms with Crippen molar-refractivity contribution in [1.82, 2.24) is 0 Å². The summed E-state index contributed by atoms with van der Waals surface area (Å²) in [6.07, 6.45) is 2.17. The summed E-state index contributed by atoms with van der Waals surface area (Å²) in [6, 6.07) is 15.3. The normalized spacial score (nSPS) is 18.9. The van der Waals surface area contributed by atoms with Gasteiger partial charge in [0.1, 0.15) is 11.5 Å². The average molecular weight is 335 g/mol. The molecule has 1 atom stereocenters. The van der Waals surface area contributed by atoms with E-state index in [0.717, 1.165) is 35.5 Å². The van der Waals surface area contributed by atoms with Crippen LogP contribution in [0.2, 0.25) is 5.02 Å². The Morgan fingerprint density at radius 3 is 2.75 bits per heavy atom. The van der Waals surface area contributed by atoms with Crippen molar-refractivity contribution >= 4 is 17.4 Å². The molecule has 0 bridgehead atoms. The number of hydrogen-bond donors (Lipinski definition) is 0. The maximum absolute atomic E-state index is 12.5. The van der Waals surface area contributed by atoms with E-state index in [1.165, 1.54) is 0 Å². The molecular weight excluding hydrogens is 320 g/mol. The highest BCUT2D eigenvalue weighted by Crippen LogP contribution is 2.43. The van der Waals surface area contributed by atoms with Crippen LogP contribution >= 0.6 is 11.6 Å². The van der Waals surface area contributed by atoms with Crippen LogP contribution in [0.25, 0.3) is 0 Å². The molecule has 0 spiro atoms. The minimum atomic E-state index is -0.282. The lowest BCUT2D eigenvalue weighted by Crippen LogP contribution is -2.24. The molecule has 4 rings (SSSR count). The summed E-state index contributed by atoms with van der Waals surface area (Å²) in [5, 5.41) is 0.621. The second kappa shape index (κ2) is 6.19. The van der Waals surface area contributed by atoms with E-state index >= 15 is 0 Å². The van der Waals surface area contributed by atoms with Gasteiger partial charge < -0.3 is 4.74 Å². The fourth-order valence-corrected chi connectivity index (χ4v) is 3.40. The fourth-order valence-electron chi connectivity index (χ4n) is 3.22. The summed E-state index contributed by atoms with van der Waals surface area (Å²) in [5.41, 5.74) is 2.51. The first-order valence-electron chi connectivity index (χ1n) is 8.02. The lowest BCUT2D eigenvalue weighted by atomic mass is 9.81. The number of rotatable bonds is 0. The van der Waals surface area contributed by atoms with Gasteiger partial charge in [0.05, 0.1) is 11.5 Å². The summed E-state index contributed by atoms with van der Waals surface area (Å²) in [7, 11) is 0. The summed E-state index contributed by atoms with van der Waals surface area (Å²) < 4.78 is 5.98. The van der Waals surface area contributed by atoms with E-state index in [0.29, 0.717) is 17.0 Å². The van der Waals surface area contributed by atoms with E-state index in [1.54, 1.807) is 6.07 Å². The molecule has 0 amide bonds. The third-order valence-electron chi connectivity index (χ3n) is 4.35. The third-order valence-corrected chi connectivity index (χ3v) is 4.58. The minimum Gasteiger partial charge on any atom is -0.461 e. The van der Waals surface area contributed by atoms with Gasteiger partial charge in [-0.05, 0) is 36.8 Å². The third kappa shape index (κ3) is 2.72. The second-order valence-corrected chi connectivity index (χ2v) is 6.40. The Bertz CT molecular complexity index is 900. The van der Waals surface area contributed by atoms with Crippen molar-refractivity contribution in [2.75, 3.05) is 0 Å². The van der Waals surface area contributed by atoms with E-state index in [1.807, 2.05) is 42.5 Å². The highest BCUT2D eigenvalue weighted by Gasteiger charge is 2.34. The minimum absolute atomic E-state index is 0.134. The van der Waals surface area contributed by atoms with Crippen LogP contribution in [-0.2, 0) is 4.79 Å². The molecule has 1 heterocycles. The molecule has 3 heteroatoms. The van der Waals surface area contributed by atoms with Crippen molar-refractivity contribution in [3.8, 4) is 17.6 Å². The maximum Gasteiger partial charge on any atom is 0.163 e. The number of fused-ring (bicyclic) bond motifs is 1. The van der Waals surface area contributed by atoms with Gasteiger partial charge >= 0.3 is 0 Å². The van der Waals surface area contributed by atoms with Gasteiger partial charge in [-0.15, -0.1) is 0 Å². The zero-order valence-corrected chi connectivity index (χ0v) is 13.8. The number of hydrogen-bond acceptors (Lipinski definition) is 2. The molecule has 0 radical (unpaired) electrons. The largest absolute Gasteiger partial charge is 0.461 e. The highest BCUT2D eigenvalue weighted by atomic mass is 35.5. The Morgan fingerprint density at radius 2 is 1.92 bits per heavy atom. The summed E-state index contributed by atoms with van der Waals surface area (Å²) in [5.74, 6) is 7.85. The molecule has 0 fully saturated rings. The van der Waals surface area contributed by atoms with Crippen LogP contribution in [0.3, 0.4) is 0 Å². The van der Waals surface area contributed by atoms with Crippen LogP contribution in [0.15, 0.2) is 59.9 Å². The second-order valence-electron chi connectivity index (χ2n) is 5.97. The zero-order valence-electron chi connectivity index (χ0n) is 13.0. The topological polar surface area (TPSA) is 26.3 Å². The number of halogens is 1. The molecule has 2 aromatic carbocycles. The molecule has 0 aromatic heterocycles. The van der Waals surface area contributed by atoms with Gasteiger partial charge in [-0.3, -0.25) is 4.79 Å². The predicted molar refractivity (Wildman–Crippen MR) is 94.0 cm³/mol. The molecule has 0 saturated heterocycles. The Hall–Kier alpha value is -2.50. The van der Waals surface area contributed by atoms with Crippen molar-refractivity contribution in [3.05, 3.63) is 76.0 Å². The highest BCUT2D eigenvalue weighted by molar-refractivity contribution is 6.30. The molecule has 0 saturated carbocycles. The Balaban J connectivity index is 1.85. The maximum atomic E-state index is 12.5. The van der Waals surface area contributed by atoms with E-state index in [-0.39, 0.29) is 11.7 Å². The fraction of sp³-hybridized carbons (Fsp3) is 0.190. The number of ether oxygens (including phenoxy) is 1. The van der Waals surface area contributed by atoms with E-state index in [9.17, 15) is 4.79 Å². The van der Waals surface area contributed by atoms with Crippen LogP contribution in [-0.4, -0.2) is 5.78 Å². The van der Waals surface area contributed by atoms with E-state index < -0.39 is 0 Å². The smallest absolute Gasteiger partial charge is 0.163 e. The molecule has 118 valence electrons. The zero-order chi connectivity index (χ0) is 16.5. The van der Waals surface area contributed by atoms with Gasteiger partial charge in [0.2, 0.25) is 0 Å². The van der Waals surface area contributed by atoms with Crippen molar-refractivity contribution in [2.45, 2.75) is 25.2 Å². The van der Waals surface area contributed by atoms with Crippen molar-refractivity contribution in [1.29, 1.82) is 0 Å². The molecule has 1 aliphatic heterocycles. The van der Waals surface area contributed by atoms with Crippen molar-refractivity contribution in [2.24, 2.45) is 0 Å². The van der Waals surface area contributed by atoms with Gasteiger partial charge in [0.15, 0.2) is 5.78 Å². The summed E-state index contributed by atoms with van der Waals surface area (Å²) >= 11 is 6.17. The number of ketones is 1. The van der Waals surface area contributed by atoms with Crippen LogP contribution in [0, 0.1) is 11.8 Å². The molecule has 1 aliphatic carbocycles. The van der Waals surface area contributed by atoms with Gasteiger partial charge in [-0.2, -0.15) is 0 Å². The molecule has 24 heavy (non-hydrogen) atoms. The predicted octanol–water partition coefficient (Wildman–Crippen LogP) is 4.87. The monoisotopic (exact) mass is 334 g/mol. The molecule has 1 unspecified atom stereocenters. The first-order chi connectivity index (χ1) is 11.7. The number of allylic oxidation sites excluding steroid dienone is 2. The van der Waals surface area contributed by atoms with Crippen LogP contribution in [0.1, 0.15) is 36.3 Å². The van der Waals surface area contributed by atoms with Crippen LogP contribution in [0.5, 0.6) is 5.75 Å². The van der Waals surface area contributed by atoms with Crippen LogP contribution in [0.4, 0.5) is 0 Å². The first kappa shape index (κ1) is 15.1. The number of Topliss-reactive ketones (excluding diaryl/α,β-unsaturated/α-hetero) is 1. The number of benzene rings is 2. The van der Waals surface area contributed by atoms with Gasteiger partial charge in [0, 0.05) is 29.0 Å². The number of carbonyl (C=O) groups is 1. The Labute approximate surface area is 146 Å². The van der Waals surface area contributed by atoms with Gasteiger partial charge in [-0.1, -0.05) is 41.6 Å². The van der Waals surface area contributed by atoms with Crippen molar-refractivity contribution < 1.29 is 9.53 Å². The lowest BCUT2D eigenvalue weighted by molar-refractivity contribution is -0.116. The van der Waals surface area contributed by atoms with E-state index in [2.05, 4.69) is 11.8 Å². The Morgan fingerprint density at radius 1 is 1.08 bits per heavy atom. The SMILES string of the molecule is O=C1CCCC2=C1C(C#Cc1ccccc1)c1cc(Cl)ccc1O2. The average Bonchev–Trinajstić information content (AvgIpc) is 2.60. The van der Waals surface area contributed by atoms with Gasteiger partial charge in [-0.25, -0.2) is 0 Å². The first-order valence-corrected chi connectivity index (χ1v) is 8.40.